The Morgan fingerprint density at radius 1 is 0.585 bits per heavy atom. The van der Waals surface area contributed by atoms with Crippen LogP contribution in [0.2, 0.25) is 0 Å². The van der Waals surface area contributed by atoms with Gasteiger partial charge < -0.3 is 104 Å². The number of oxime groups is 1. The van der Waals surface area contributed by atoms with Crippen molar-refractivity contribution in [2.75, 3.05) is 81.9 Å². The Hall–Kier alpha value is -13.0. The fourth-order valence-corrected chi connectivity index (χ4v) is 11.1. The minimum Gasteiger partial charge on any atom is -0.870 e. The van der Waals surface area contributed by atoms with Crippen molar-refractivity contribution in [3.05, 3.63) is 255 Å². The van der Waals surface area contributed by atoms with Gasteiger partial charge in [0.15, 0.2) is 45.8 Å². The molecular formula is C98H134BCl3F3LiN6O34S. The molecule has 8 aromatic rings. The molecule has 13 N–H and O–H groups in total. The molecule has 1 aliphatic heterocycles. The number of nitrogens with two attached hydrogens (primary N) is 3. The fourth-order valence-electron chi connectivity index (χ4n) is 11.1. The predicted molar refractivity (Wildman–Crippen MR) is 544 cm³/mol. The molecule has 11 rings (SSSR count). The van der Waals surface area contributed by atoms with E-state index >= 15 is 0 Å². The van der Waals surface area contributed by atoms with Crippen molar-refractivity contribution in [2.24, 2.45) is 22.7 Å². The van der Waals surface area contributed by atoms with Gasteiger partial charge in [-0.15, -0.1) is 12.4 Å². The third-order valence-corrected chi connectivity index (χ3v) is 17.9. The second-order valence-electron chi connectivity index (χ2n) is 28.5. The molecule has 0 radical (unpaired) electrons. The van der Waals surface area contributed by atoms with Crippen LogP contribution in [0.15, 0.2) is 218 Å². The predicted octanol–water partition coefficient (Wildman–Crippen LogP) is 14.9. The molecule has 40 nitrogen and oxygen atoms in total. The number of rotatable bonds is 27. The van der Waals surface area contributed by atoms with Crippen LogP contribution in [0, 0.1) is 16.0 Å². The smallest absolute Gasteiger partial charge is 0.870 e. The largest absolute Gasteiger partial charge is 1.00 e. The van der Waals surface area contributed by atoms with Gasteiger partial charge in [0.1, 0.15) is 22.2 Å². The standard InChI is InChI=1S/C12H17NO4.C12H15NO4.C12H13NO3.C12H16O5.C12H14O4.C6H5NO5.C6H7NO3.C6H10O.2C6H6.C4H8O.C4H10O.BF3.Cl2OS.ClH.Li.H3NO.H2O.H2/c1-3-4-10(14)8-7-12(16,11(15)17-2)6-5-9(8)13;1-3-4-10(13-16)9-7-8(12(15)17-2)5-6-11(9)14;1-3-4-10-9-7-8(12(14)15-2)5-6-11(9)16-13-10;1-3-4-9(13)8-7-12(16,11(15)17-2)6-5-10(8)14;1-3-4-10(13)9-7-8(12(15)16-2)5-6-11(9)14;1-11-6(8)4-2-3-5(12-4)7(9)10;1-9-6(8)4-2-3-5(7)10-4;1-3-5-6(7)4-2;2*1-2-4-6-5-3-1;1-2-4-5-3-1;1-3-5-4-2;2-1(3)4;1-4(2)3;;;1-2;;/h5-6,16H,3-4,7,13H2,1-2H3;5-7,14,16H,3-4H2,1-2H3;5-7H,3-4H2,1-2H3;5-6,8,16H,3-4,7H2,1-2H3;5-7,14H,3-4H2,1-2H3;2-3H,1H3;2-3H,7H2,1H3;4H,2-3,5H2,1H3;2*1-6H;1-4H2;3-4H2,1-2H3;;;1H;;2H,1H2;1H2;1H/q;;;;;;;;;;;;;;;+1;;;/p-1/b;13-10+;;;;;;;;;;;;;;;;;/i;;;;;;;;;;;;;;;;;;1+1. The van der Waals surface area contributed by atoms with Crippen molar-refractivity contribution in [3.63, 3.8) is 0 Å². The number of aryl methyl sites for hydroxylation is 1. The van der Waals surface area contributed by atoms with Gasteiger partial charge in [0.2, 0.25) is 20.7 Å². The molecule has 0 bridgehead atoms. The number of esters is 7. The van der Waals surface area contributed by atoms with Crippen LogP contribution in [-0.4, -0.2) is 222 Å². The molecule has 49 heteroatoms. The third kappa shape index (κ3) is 63.2. The summed E-state index contributed by atoms with van der Waals surface area (Å²) in [4.78, 5) is 144. The molecule has 1 saturated heterocycles. The number of benzene rings is 5. The Labute approximate surface area is 882 Å². The van der Waals surface area contributed by atoms with Crippen LogP contribution in [-0.2, 0) is 87.0 Å². The summed E-state index contributed by atoms with van der Waals surface area (Å²) in [6.07, 6.45) is 16.0. The van der Waals surface area contributed by atoms with Gasteiger partial charge in [-0.05, 0) is 162 Å². The molecular weight excluding hydrogens is 2020 g/mol. The Morgan fingerprint density at radius 3 is 1.35 bits per heavy atom. The van der Waals surface area contributed by atoms with Gasteiger partial charge in [-0.2, -0.15) is 0 Å². The summed E-state index contributed by atoms with van der Waals surface area (Å²) < 4.78 is 93.7. The number of aromatic hydroxyl groups is 2. The van der Waals surface area contributed by atoms with Gasteiger partial charge in [0, 0.05) is 116 Å². The average Bonchev–Trinajstić information content (AvgIpc) is 1.63. The summed E-state index contributed by atoms with van der Waals surface area (Å²) in [6, 6.07) is 42.8. The minimum atomic E-state index is -3.67. The number of phenolic OH excluding ortho intramolecular Hbond substituents is 2. The molecule has 3 aromatic heterocycles. The number of Topliss-reactive ketones (excluding diaryl/α,β-unsaturated/α-hetero) is 3. The minimum absolute atomic E-state index is 0. The number of ketones is 5. The summed E-state index contributed by atoms with van der Waals surface area (Å²) in [6.45, 7) is 22.5. The number of carbonyl (C=O) groups is 12. The van der Waals surface area contributed by atoms with Crippen LogP contribution in [0.3, 0.4) is 0 Å². The molecule has 2 aliphatic carbocycles. The van der Waals surface area contributed by atoms with E-state index in [0.29, 0.717) is 84.2 Å². The molecule has 3 atom stereocenters. The third-order valence-electron chi connectivity index (χ3n) is 17.9. The SMILES string of the molecule is C1CCOC1.C=CC(=O)CCC.CCC/C(=N\O)c1cc(C(=O)OC)ccc1O.CCCC(=O)C1=C(N)C=CC(O)(C(=O)OC)C1.CCCC(=O)C1CC(O)(C(=O)OC)C=CC1=O.CCCC(=O)c1cc(C(=O)OC)ccc1O.CCCc1noc2ccc(C(=O)OC)cc12.CCOCC.COC(=O)c1ccc(N)o1.COC(=O)c1ccc([N+](=O)[O-])o1.Cl.FB(F)F.NO.O=S(Cl)Cl.[2HH].[Li+].[OH-].c1ccccc1.c1ccccc1. The van der Waals surface area contributed by atoms with E-state index < -0.39 is 80.5 Å². The van der Waals surface area contributed by atoms with Gasteiger partial charge in [0.25, 0.3) is 0 Å². The van der Waals surface area contributed by atoms with E-state index in [1.807, 2.05) is 121 Å². The van der Waals surface area contributed by atoms with Gasteiger partial charge in [-0.3, -0.25) is 47.0 Å². The van der Waals surface area contributed by atoms with E-state index in [-0.39, 0.29) is 132 Å². The summed E-state index contributed by atoms with van der Waals surface area (Å²) in [5.41, 5.74) is 11.4. The first-order valence-electron chi connectivity index (χ1n) is 44.1. The maximum absolute atomic E-state index is 11.8. The summed E-state index contributed by atoms with van der Waals surface area (Å²) in [5.74, 6) is -2.94. The topological polar surface area (TPSA) is 642 Å². The Bertz CT molecular complexity index is 5230. The van der Waals surface area contributed by atoms with E-state index in [9.17, 15) is 101 Å². The Kier molecular flexibility index (Phi) is 88.3. The molecule has 0 amide bonds. The zero-order chi connectivity index (χ0) is 110. The number of halogens is 6. The number of fused-ring (bicyclic) bond motifs is 1. The van der Waals surface area contributed by atoms with E-state index in [4.69, 9.17) is 44.5 Å². The van der Waals surface area contributed by atoms with Crippen molar-refractivity contribution in [1.82, 2.24) is 5.16 Å². The second-order valence-corrected chi connectivity index (χ2v) is 31.0. The number of hydrogen-bond donors (Lipinski definition) is 9. The molecule has 812 valence electrons. The van der Waals surface area contributed by atoms with Crippen LogP contribution in [0.25, 0.3) is 11.0 Å². The van der Waals surface area contributed by atoms with Crippen molar-refractivity contribution >= 4 is 150 Å². The summed E-state index contributed by atoms with van der Waals surface area (Å²) in [7, 11) is 12.4. The monoisotopic (exact) mass is 2150 g/mol. The number of aliphatic hydroxyl groups is 2. The first-order chi connectivity index (χ1) is 68.4. The Balaban J connectivity index is -0.000000242. The van der Waals surface area contributed by atoms with Gasteiger partial charge >= 0.3 is 74.1 Å². The van der Waals surface area contributed by atoms with E-state index in [1.165, 1.54) is 121 Å². The van der Waals surface area contributed by atoms with Crippen LogP contribution in [0.5, 0.6) is 11.5 Å². The maximum Gasteiger partial charge on any atom is 1.00 e. The zero-order valence-electron chi connectivity index (χ0n) is 84.8. The average molecular weight is 2150 g/mol. The number of aromatic nitrogens is 1. The molecule has 5 aromatic carbocycles. The molecule has 4 heterocycles. The molecule has 3 aliphatic rings. The zero-order valence-corrected chi connectivity index (χ0v) is 87.9. The molecule has 1 fully saturated rings. The van der Waals surface area contributed by atoms with Gasteiger partial charge in [0.05, 0.1) is 95.4 Å². The van der Waals surface area contributed by atoms with Crippen LogP contribution in [0.4, 0.5) is 24.7 Å². The summed E-state index contributed by atoms with van der Waals surface area (Å²) >= 11 is 0. The first kappa shape index (κ1) is 147. The van der Waals surface area contributed by atoms with Crippen LogP contribution < -0.4 is 36.2 Å². The van der Waals surface area contributed by atoms with Crippen LogP contribution >= 0.6 is 33.8 Å². The van der Waals surface area contributed by atoms with E-state index in [2.05, 4.69) is 88.7 Å². The van der Waals surface area contributed by atoms with Crippen LogP contribution in [0.1, 0.15) is 227 Å². The number of carbonyl (C=O) groups excluding carboxylic acids is 12. The quantitative estimate of drug-likeness (QED) is 0.00197. The maximum atomic E-state index is 11.8. The molecule has 0 spiro atoms. The number of nitrogens with zero attached hydrogens (tertiary/aromatic N) is 3. The normalized spacial score (nSPS) is 13.5. The number of furan rings is 2. The van der Waals surface area contributed by atoms with E-state index in [1.54, 1.807) is 18.2 Å². The van der Waals surface area contributed by atoms with Crippen molar-refractivity contribution < 1.29 is 192 Å². The van der Waals surface area contributed by atoms with Crippen molar-refractivity contribution in [3.8, 4) is 11.5 Å². The number of nitro groups is 1. The Morgan fingerprint density at radius 2 is 0.986 bits per heavy atom. The van der Waals surface area contributed by atoms with Crippen molar-refractivity contribution in [2.45, 2.75) is 169 Å². The van der Waals surface area contributed by atoms with E-state index in [0.717, 1.165) is 95.6 Å². The number of allylic oxidation sites excluding steroid dienone is 3. The van der Waals surface area contributed by atoms with Gasteiger partial charge in [-0.25, -0.2) is 43.7 Å². The molecule has 3 unspecified atom stereocenters. The number of hydrogen-bond acceptors (Lipinski definition) is 39. The molecule has 147 heavy (non-hydrogen) atoms. The first-order valence-corrected chi connectivity index (χ1v) is 46.9. The molecule has 0 saturated carbocycles. The number of anilines is 1. The second kappa shape index (κ2) is 88.3. The van der Waals surface area contributed by atoms with Crippen molar-refractivity contribution in [1.29, 1.82) is 0 Å². The number of nitrogen functional groups attached to an aromatic ring is 1. The number of methoxy groups -OCH3 is 7. The summed E-state index contributed by atoms with van der Waals surface area (Å²) in [5, 5.41) is 72.7. The number of phenols is 2. The fraction of sp³-hybridized carbons (Fsp3) is 0.388. The number of ether oxygens (including phenoxy) is 9. The van der Waals surface area contributed by atoms with Gasteiger partial charge in [-0.1, -0.05) is 144 Å².